The van der Waals surface area contributed by atoms with E-state index in [4.69, 9.17) is 21.3 Å². The standard InChI is InChI=1S/C37H35ClFN3O5S2.ClH/c1-48-28-12-8-23(9-13-28)30-21-31(38)35(41-16-5-17-49(41,45)46)19-25(30)22-47-27-11-14-29(32(39)20-27)36-40-33-18-24(37(43)44)10-15-34(33)42(36)26-6-3-2-4-7-26;/h8-15,18-21,26H,2-7,16-17,22H2,1H3,(H,43,44);1H. The van der Waals surface area contributed by atoms with Gasteiger partial charge in [0.05, 0.1) is 38.6 Å². The zero-order valence-electron chi connectivity index (χ0n) is 27.3. The van der Waals surface area contributed by atoms with Gasteiger partial charge in [-0.15, -0.1) is 24.2 Å². The number of carboxylic acids is 1. The van der Waals surface area contributed by atoms with Crippen LogP contribution in [0.25, 0.3) is 33.5 Å². The quantitative estimate of drug-likeness (QED) is 0.150. The minimum atomic E-state index is -3.48. The Labute approximate surface area is 306 Å². The van der Waals surface area contributed by atoms with Crippen molar-refractivity contribution in [3.8, 4) is 28.3 Å². The molecular weight excluding hydrogens is 720 g/mol. The molecule has 8 nitrogen and oxygen atoms in total. The van der Waals surface area contributed by atoms with Gasteiger partial charge in [0.2, 0.25) is 10.0 Å². The predicted molar refractivity (Wildman–Crippen MR) is 200 cm³/mol. The van der Waals surface area contributed by atoms with Crippen molar-refractivity contribution in [1.29, 1.82) is 0 Å². The molecule has 0 atom stereocenters. The van der Waals surface area contributed by atoms with Crippen molar-refractivity contribution in [2.45, 2.75) is 56.1 Å². The van der Waals surface area contributed by atoms with E-state index in [1.165, 1.54) is 16.4 Å². The van der Waals surface area contributed by atoms with Crippen LogP contribution in [0.4, 0.5) is 10.1 Å². The molecule has 7 rings (SSSR count). The number of aromatic carboxylic acids is 1. The number of carbonyl (C=O) groups is 1. The SMILES string of the molecule is CSc1ccc(-c2cc(Cl)c(N3CCCS3(=O)=O)cc2COc2ccc(-c3nc4cc(C(=O)O)ccc4n3C3CCCCC3)c(F)c2)cc1.Cl. The third-order valence-corrected chi connectivity index (χ3v) is 12.3. The number of imidazole rings is 1. The number of hydrogen-bond donors (Lipinski definition) is 1. The number of hydrogen-bond acceptors (Lipinski definition) is 6. The number of carboxylic acid groups (broad SMARTS) is 1. The van der Waals surface area contributed by atoms with Gasteiger partial charge in [-0.2, -0.15) is 0 Å². The Kier molecular flexibility index (Phi) is 10.7. The van der Waals surface area contributed by atoms with Gasteiger partial charge in [-0.25, -0.2) is 22.6 Å². The summed E-state index contributed by atoms with van der Waals surface area (Å²) in [7, 11) is -3.48. The first-order valence-electron chi connectivity index (χ1n) is 16.3. The number of benzene rings is 4. The predicted octanol–water partition coefficient (Wildman–Crippen LogP) is 9.63. The van der Waals surface area contributed by atoms with Crippen LogP contribution in [0.3, 0.4) is 0 Å². The summed E-state index contributed by atoms with van der Waals surface area (Å²) in [5.41, 5.74) is 4.51. The second kappa shape index (κ2) is 14.8. The van der Waals surface area contributed by atoms with Crippen molar-refractivity contribution in [2.75, 3.05) is 22.9 Å². The van der Waals surface area contributed by atoms with Crippen LogP contribution in [0.2, 0.25) is 5.02 Å². The second-order valence-corrected chi connectivity index (χ2v) is 15.8. The van der Waals surface area contributed by atoms with Gasteiger partial charge in [0.15, 0.2) is 0 Å². The van der Waals surface area contributed by atoms with Gasteiger partial charge in [-0.1, -0.05) is 43.0 Å². The van der Waals surface area contributed by atoms with Crippen LogP contribution in [-0.4, -0.2) is 47.6 Å². The highest BCUT2D eigenvalue weighted by molar-refractivity contribution is 7.98. The first-order chi connectivity index (χ1) is 23.6. The minimum Gasteiger partial charge on any atom is -0.489 e. The third kappa shape index (κ3) is 7.06. The normalized spacial score (nSPS) is 16.0. The summed E-state index contributed by atoms with van der Waals surface area (Å²) in [5.74, 6) is -0.745. The monoisotopic (exact) mass is 755 g/mol. The zero-order chi connectivity index (χ0) is 34.3. The maximum Gasteiger partial charge on any atom is 0.335 e. The van der Waals surface area contributed by atoms with Crippen molar-refractivity contribution in [3.63, 3.8) is 0 Å². The van der Waals surface area contributed by atoms with Crippen LogP contribution < -0.4 is 9.04 Å². The van der Waals surface area contributed by atoms with E-state index in [-0.39, 0.29) is 36.4 Å². The van der Waals surface area contributed by atoms with E-state index in [1.807, 2.05) is 30.5 Å². The Bertz CT molecular complexity index is 2170. The van der Waals surface area contributed by atoms with E-state index in [9.17, 15) is 18.3 Å². The summed E-state index contributed by atoms with van der Waals surface area (Å²) in [4.78, 5) is 17.5. The molecule has 0 amide bonds. The molecule has 1 aromatic heterocycles. The number of ether oxygens (including phenoxy) is 1. The lowest BCUT2D eigenvalue weighted by atomic mass is 9.94. The summed E-state index contributed by atoms with van der Waals surface area (Å²) in [6, 6.07) is 21.2. The summed E-state index contributed by atoms with van der Waals surface area (Å²) in [5, 5.41) is 9.88. The van der Waals surface area contributed by atoms with E-state index < -0.39 is 21.8 Å². The van der Waals surface area contributed by atoms with E-state index >= 15 is 4.39 Å². The summed E-state index contributed by atoms with van der Waals surface area (Å²) >= 11 is 8.35. The average Bonchev–Trinajstić information content (AvgIpc) is 3.66. The third-order valence-electron chi connectivity index (χ3n) is 9.39. The number of nitrogens with zero attached hydrogens (tertiary/aromatic N) is 3. The summed E-state index contributed by atoms with van der Waals surface area (Å²) in [6.45, 7) is 0.384. The number of halogens is 3. The number of rotatable bonds is 9. The van der Waals surface area contributed by atoms with Crippen LogP contribution in [-0.2, 0) is 16.6 Å². The van der Waals surface area contributed by atoms with Crippen molar-refractivity contribution in [3.05, 3.63) is 94.8 Å². The topological polar surface area (TPSA) is 102 Å². The Balaban J connectivity index is 0.00000432. The molecule has 2 heterocycles. The smallest absolute Gasteiger partial charge is 0.335 e. The van der Waals surface area contributed by atoms with Gasteiger partial charge in [-0.05, 0) is 96.8 Å². The van der Waals surface area contributed by atoms with Gasteiger partial charge in [0, 0.05) is 23.5 Å². The molecule has 50 heavy (non-hydrogen) atoms. The van der Waals surface area contributed by atoms with Crippen LogP contribution in [0.5, 0.6) is 5.75 Å². The molecule has 1 saturated carbocycles. The Morgan fingerprint density at radius 3 is 2.42 bits per heavy atom. The molecule has 1 N–H and O–H groups in total. The molecule has 5 aromatic rings. The lowest BCUT2D eigenvalue weighted by molar-refractivity contribution is 0.0697. The van der Waals surface area contributed by atoms with Crippen molar-refractivity contribution >= 4 is 68.5 Å². The molecule has 2 fully saturated rings. The maximum atomic E-state index is 16.0. The molecule has 1 saturated heterocycles. The lowest BCUT2D eigenvalue weighted by Gasteiger charge is -2.26. The van der Waals surface area contributed by atoms with Crippen LogP contribution in [0.1, 0.15) is 60.5 Å². The van der Waals surface area contributed by atoms with Gasteiger partial charge < -0.3 is 14.4 Å². The number of fused-ring (bicyclic) bond motifs is 1. The van der Waals surface area contributed by atoms with E-state index in [0.29, 0.717) is 51.9 Å². The highest BCUT2D eigenvalue weighted by Crippen LogP contribution is 2.40. The maximum absolute atomic E-state index is 16.0. The lowest BCUT2D eigenvalue weighted by Crippen LogP contribution is -2.25. The fraction of sp³-hybridized carbons (Fsp3) is 0.297. The molecule has 2 aliphatic rings. The van der Waals surface area contributed by atoms with Gasteiger partial charge in [-0.3, -0.25) is 4.31 Å². The summed E-state index contributed by atoms with van der Waals surface area (Å²) < 4.78 is 51.3. The van der Waals surface area contributed by atoms with E-state index in [1.54, 1.807) is 48.2 Å². The Morgan fingerprint density at radius 2 is 1.76 bits per heavy atom. The molecule has 13 heteroatoms. The zero-order valence-corrected chi connectivity index (χ0v) is 30.5. The molecule has 4 aromatic carbocycles. The fourth-order valence-electron chi connectivity index (χ4n) is 6.92. The Morgan fingerprint density at radius 1 is 1.00 bits per heavy atom. The van der Waals surface area contributed by atoms with Gasteiger partial charge in [0.25, 0.3) is 0 Å². The fourth-order valence-corrected chi connectivity index (χ4v) is 9.22. The average molecular weight is 757 g/mol. The van der Waals surface area contributed by atoms with Gasteiger partial charge in [0.1, 0.15) is 24.0 Å². The van der Waals surface area contributed by atoms with Gasteiger partial charge >= 0.3 is 5.97 Å². The molecule has 0 radical (unpaired) electrons. The molecule has 1 aliphatic heterocycles. The number of thioether (sulfide) groups is 1. The first kappa shape index (κ1) is 36.0. The van der Waals surface area contributed by atoms with Crippen molar-refractivity contribution in [2.24, 2.45) is 0 Å². The summed E-state index contributed by atoms with van der Waals surface area (Å²) in [6.07, 6.45) is 7.66. The van der Waals surface area contributed by atoms with Crippen molar-refractivity contribution in [1.82, 2.24) is 9.55 Å². The highest BCUT2D eigenvalue weighted by atomic mass is 35.5. The Hall–Kier alpha value is -3.77. The molecule has 0 spiro atoms. The van der Waals surface area contributed by atoms with E-state index in [0.717, 1.165) is 53.6 Å². The minimum absolute atomic E-state index is 0. The number of sulfonamides is 1. The van der Waals surface area contributed by atoms with E-state index in [2.05, 4.69) is 4.57 Å². The van der Waals surface area contributed by atoms with Crippen LogP contribution in [0.15, 0.2) is 77.7 Å². The highest BCUT2D eigenvalue weighted by Gasteiger charge is 2.31. The molecule has 0 bridgehead atoms. The molecule has 1 aliphatic carbocycles. The van der Waals surface area contributed by atoms with Crippen molar-refractivity contribution < 1.29 is 27.4 Å². The number of aromatic nitrogens is 2. The number of anilines is 1. The molecule has 262 valence electrons. The largest absolute Gasteiger partial charge is 0.489 e. The van der Waals surface area contributed by atoms with Crippen LogP contribution in [0, 0.1) is 5.82 Å². The molecular formula is C37H36Cl2FN3O5S2. The van der Waals surface area contributed by atoms with Crippen LogP contribution >= 0.6 is 35.8 Å². The second-order valence-electron chi connectivity index (χ2n) is 12.5. The first-order valence-corrected chi connectivity index (χ1v) is 19.5. The molecule has 0 unspecified atom stereocenters.